The lowest BCUT2D eigenvalue weighted by Crippen LogP contribution is -2.45. The van der Waals surface area contributed by atoms with Gasteiger partial charge in [0.15, 0.2) is 0 Å². The third-order valence-electron chi connectivity index (χ3n) is 9.19. The van der Waals surface area contributed by atoms with Crippen molar-refractivity contribution in [3.05, 3.63) is 61.3 Å². The Morgan fingerprint density at radius 2 is 1.98 bits per heavy atom. The molecule has 10 nitrogen and oxygen atoms in total. The zero-order valence-corrected chi connectivity index (χ0v) is 29.1. The van der Waals surface area contributed by atoms with E-state index in [0.717, 1.165) is 51.4 Å². The number of rotatable bonds is 21. The number of alkyl carbamates (subject to hydrolysis) is 1. The first-order valence-corrected chi connectivity index (χ1v) is 17.7. The number of aliphatic hydroxyl groups excluding tert-OH is 2. The van der Waals surface area contributed by atoms with E-state index in [1.807, 2.05) is 19.1 Å². The first kappa shape index (κ1) is 41.0. The van der Waals surface area contributed by atoms with Crippen molar-refractivity contribution in [1.82, 2.24) is 5.32 Å². The smallest absolute Gasteiger partial charge is 0.407 e. The summed E-state index contributed by atoms with van der Waals surface area (Å²) in [6.07, 6.45) is 19.4. The van der Waals surface area contributed by atoms with Gasteiger partial charge in [-0.1, -0.05) is 89.1 Å². The summed E-state index contributed by atoms with van der Waals surface area (Å²) in [5.41, 5.74) is -1.86. The van der Waals surface area contributed by atoms with Crippen LogP contribution in [0.1, 0.15) is 97.8 Å². The molecule has 8 atom stereocenters. The van der Waals surface area contributed by atoms with Crippen LogP contribution in [0.3, 0.4) is 0 Å². The maximum absolute atomic E-state index is 12.3. The molecular formula is C38H59NO9. The van der Waals surface area contributed by atoms with Crippen molar-refractivity contribution >= 4 is 18.0 Å². The van der Waals surface area contributed by atoms with Crippen LogP contribution in [0.4, 0.5) is 4.79 Å². The number of aliphatic hydroxyl groups is 3. The second kappa shape index (κ2) is 22.4. The molecule has 0 spiro atoms. The number of esters is 2. The molecule has 0 radical (unpaired) electrons. The van der Waals surface area contributed by atoms with Crippen molar-refractivity contribution in [1.29, 1.82) is 0 Å². The summed E-state index contributed by atoms with van der Waals surface area (Å²) in [5, 5.41) is 35.8. The van der Waals surface area contributed by atoms with Crippen molar-refractivity contribution in [2.24, 2.45) is 17.8 Å². The molecule has 1 fully saturated rings. The topological polar surface area (TPSA) is 152 Å². The van der Waals surface area contributed by atoms with E-state index in [1.165, 1.54) is 24.3 Å². The zero-order chi connectivity index (χ0) is 35.4. The van der Waals surface area contributed by atoms with Crippen LogP contribution in [0.5, 0.6) is 0 Å². The quantitative estimate of drug-likeness (QED) is 0.0377. The molecule has 2 rings (SSSR count). The Morgan fingerprint density at radius 3 is 2.71 bits per heavy atom. The van der Waals surface area contributed by atoms with E-state index < -0.39 is 36.0 Å². The van der Waals surface area contributed by atoms with Gasteiger partial charge in [-0.25, -0.2) is 9.59 Å². The number of hydrogen-bond acceptors (Lipinski definition) is 9. The van der Waals surface area contributed by atoms with Crippen LogP contribution < -0.4 is 5.32 Å². The van der Waals surface area contributed by atoms with E-state index in [-0.39, 0.29) is 49.9 Å². The van der Waals surface area contributed by atoms with Gasteiger partial charge in [-0.15, -0.1) is 0 Å². The molecule has 0 aromatic heterocycles. The van der Waals surface area contributed by atoms with E-state index >= 15 is 0 Å². The number of amides is 1. The number of ether oxygens (including phenoxy) is 3. The molecular weight excluding hydrogens is 614 g/mol. The highest BCUT2D eigenvalue weighted by Crippen LogP contribution is 2.29. The Balaban J connectivity index is 1.93. The molecule has 1 heterocycles. The third kappa shape index (κ3) is 15.8. The van der Waals surface area contributed by atoms with Crippen LogP contribution in [0.25, 0.3) is 0 Å². The molecule has 0 saturated heterocycles. The molecule has 0 aromatic rings. The minimum atomic E-state index is -1.86. The van der Waals surface area contributed by atoms with Crippen molar-refractivity contribution in [3.8, 4) is 0 Å². The highest BCUT2D eigenvalue weighted by molar-refractivity contribution is 5.83. The number of allylic oxidation sites excluding steroid dienone is 3. The summed E-state index contributed by atoms with van der Waals surface area (Å²) in [6, 6.07) is 0. The van der Waals surface area contributed by atoms with E-state index in [1.54, 1.807) is 18.2 Å². The summed E-state index contributed by atoms with van der Waals surface area (Å²) in [6.45, 7) is 9.86. The van der Waals surface area contributed by atoms with Crippen molar-refractivity contribution in [2.45, 2.75) is 128 Å². The predicted octanol–water partition coefficient (Wildman–Crippen LogP) is 6.02. The first-order valence-electron chi connectivity index (χ1n) is 17.7. The number of carbonyl (C=O) groups is 3. The highest BCUT2D eigenvalue weighted by Gasteiger charge is 2.35. The summed E-state index contributed by atoms with van der Waals surface area (Å²) in [5.74, 6) is 0.241. The lowest BCUT2D eigenvalue weighted by molar-refractivity contribution is -0.151. The molecule has 0 unspecified atom stereocenters. The maximum atomic E-state index is 12.3. The second-order valence-corrected chi connectivity index (χ2v) is 13.1. The van der Waals surface area contributed by atoms with Crippen LogP contribution in [-0.4, -0.2) is 76.5 Å². The van der Waals surface area contributed by atoms with Crippen LogP contribution >= 0.6 is 0 Å². The molecule has 0 aromatic carbocycles. The van der Waals surface area contributed by atoms with Gasteiger partial charge >= 0.3 is 18.0 Å². The Labute approximate surface area is 287 Å². The van der Waals surface area contributed by atoms with Crippen LogP contribution in [0.2, 0.25) is 0 Å². The van der Waals surface area contributed by atoms with Gasteiger partial charge in [-0.3, -0.25) is 4.79 Å². The van der Waals surface area contributed by atoms with Gasteiger partial charge in [0.25, 0.3) is 0 Å². The lowest BCUT2D eigenvalue weighted by atomic mass is 9.86. The zero-order valence-electron chi connectivity index (χ0n) is 29.1. The SMILES string of the molecule is C=CCOC(=O)NCC[C@@](O)(/C=C/[C@@H]1OC(=O)C=C[C@@H]1CC)[C@H](O)C[C@@H](O)/C=C\C=C/[C@@H]1CCC[C@H](OC(=O)CCCC[C@@H](C)CC)C1. The average molecular weight is 674 g/mol. The van der Waals surface area contributed by atoms with Gasteiger partial charge in [-0.05, 0) is 62.9 Å². The van der Waals surface area contributed by atoms with Gasteiger partial charge in [0, 0.05) is 31.4 Å². The Kier molecular flexibility index (Phi) is 19.1. The van der Waals surface area contributed by atoms with Gasteiger partial charge in [0.1, 0.15) is 24.4 Å². The number of carbonyl (C=O) groups excluding carboxylic acids is 3. The average Bonchev–Trinajstić information content (AvgIpc) is 3.06. The Hall–Kier alpha value is -3.21. The number of cyclic esters (lactones) is 1. The summed E-state index contributed by atoms with van der Waals surface area (Å²) >= 11 is 0. The fourth-order valence-corrected chi connectivity index (χ4v) is 5.89. The van der Waals surface area contributed by atoms with Gasteiger partial charge < -0.3 is 34.8 Å². The molecule has 2 aliphatic rings. The molecule has 270 valence electrons. The number of nitrogens with one attached hydrogen (secondary N) is 1. The summed E-state index contributed by atoms with van der Waals surface area (Å²) in [4.78, 5) is 36.1. The number of hydrogen-bond donors (Lipinski definition) is 4. The second-order valence-electron chi connectivity index (χ2n) is 13.1. The summed E-state index contributed by atoms with van der Waals surface area (Å²) < 4.78 is 16.1. The lowest BCUT2D eigenvalue weighted by Gasteiger charge is -2.32. The van der Waals surface area contributed by atoms with Crippen LogP contribution in [-0.2, 0) is 23.8 Å². The monoisotopic (exact) mass is 673 g/mol. The summed E-state index contributed by atoms with van der Waals surface area (Å²) in [7, 11) is 0. The van der Waals surface area contributed by atoms with E-state index in [9.17, 15) is 29.7 Å². The Bertz CT molecular complexity index is 1120. The molecule has 1 saturated carbocycles. The van der Waals surface area contributed by atoms with E-state index in [4.69, 9.17) is 14.2 Å². The first-order chi connectivity index (χ1) is 23.0. The Morgan fingerprint density at radius 1 is 1.19 bits per heavy atom. The highest BCUT2D eigenvalue weighted by atomic mass is 16.6. The van der Waals surface area contributed by atoms with Gasteiger partial charge in [-0.2, -0.15) is 0 Å². The molecule has 4 N–H and O–H groups in total. The normalized spacial score (nSPS) is 24.6. The van der Waals surface area contributed by atoms with Crippen molar-refractivity contribution in [2.75, 3.05) is 13.2 Å². The molecule has 0 bridgehead atoms. The molecule has 1 aliphatic carbocycles. The minimum absolute atomic E-state index is 0.0259. The van der Waals surface area contributed by atoms with Crippen LogP contribution in [0.15, 0.2) is 61.3 Å². The minimum Gasteiger partial charge on any atom is -0.462 e. The standard InChI is InChI=1S/C38H59NO9/c1-5-25-46-37(44)39-24-23-38(45,22-21-33-30(7-3)19-20-36(43)48-33)34(41)27-31(40)16-10-9-14-29-15-12-17-32(26-29)47-35(42)18-11-8-13-28(4)6-2/h5,9-10,14,16,19-22,28-34,40-41,45H,1,6-8,11-13,15,17-18,23-27H2,2-4H3,(H,39,44)/b14-9-,16-10-,22-21+/t28-,29+,30-,31-,32-,33-,34+,38-/m0/s1. The fourth-order valence-electron chi connectivity index (χ4n) is 5.89. The maximum Gasteiger partial charge on any atom is 0.407 e. The van der Waals surface area contributed by atoms with Crippen molar-refractivity contribution < 1.29 is 43.9 Å². The third-order valence-corrected chi connectivity index (χ3v) is 9.19. The van der Waals surface area contributed by atoms with Crippen LogP contribution in [0, 0.1) is 17.8 Å². The molecule has 1 aliphatic heterocycles. The number of unbranched alkanes of at least 4 members (excludes halogenated alkanes) is 1. The van der Waals surface area contributed by atoms with Crippen molar-refractivity contribution in [3.63, 3.8) is 0 Å². The van der Waals surface area contributed by atoms with Gasteiger partial charge in [0.2, 0.25) is 0 Å². The van der Waals surface area contributed by atoms with E-state index in [0.29, 0.717) is 18.8 Å². The largest absolute Gasteiger partial charge is 0.462 e. The van der Waals surface area contributed by atoms with E-state index in [2.05, 4.69) is 25.7 Å². The predicted molar refractivity (Wildman–Crippen MR) is 186 cm³/mol. The van der Waals surface area contributed by atoms with Gasteiger partial charge in [0.05, 0.1) is 12.2 Å². The molecule has 1 amide bonds. The molecule has 48 heavy (non-hydrogen) atoms. The fraction of sp³-hybridized carbons (Fsp3) is 0.658. The molecule has 10 heteroatoms.